The van der Waals surface area contributed by atoms with Gasteiger partial charge in [-0.25, -0.2) is 4.39 Å². The van der Waals surface area contributed by atoms with Crippen LogP contribution in [0.15, 0.2) is 47.4 Å². The van der Waals surface area contributed by atoms with E-state index in [0.717, 1.165) is 21.7 Å². The van der Waals surface area contributed by atoms with Crippen molar-refractivity contribution in [1.82, 2.24) is 0 Å². The molecule has 0 aliphatic heterocycles. The Morgan fingerprint density at radius 1 is 1.14 bits per heavy atom. The third-order valence-electron chi connectivity index (χ3n) is 3.15. The average molecular weight is 303 g/mol. The molecule has 1 atom stereocenters. The minimum Gasteiger partial charge on any atom is -0.325 e. The van der Waals surface area contributed by atoms with Gasteiger partial charge in [0.15, 0.2) is 0 Å². The summed E-state index contributed by atoms with van der Waals surface area (Å²) in [4.78, 5) is 13.1. The maximum Gasteiger partial charge on any atom is 0.237 e. The first-order valence-electron chi connectivity index (χ1n) is 6.76. The van der Waals surface area contributed by atoms with Crippen molar-refractivity contribution < 1.29 is 9.18 Å². The van der Waals surface area contributed by atoms with E-state index >= 15 is 0 Å². The monoisotopic (exact) mass is 303 g/mol. The fourth-order valence-corrected chi connectivity index (χ4v) is 2.74. The maximum absolute atomic E-state index is 12.9. The maximum atomic E-state index is 12.9. The average Bonchev–Trinajstić information content (AvgIpc) is 2.45. The largest absolute Gasteiger partial charge is 0.325 e. The fourth-order valence-electron chi connectivity index (χ4n) is 1.88. The van der Waals surface area contributed by atoms with Gasteiger partial charge in [0.2, 0.25) is 5.91 Å². The number of hydrogen-bond donors (Lipinski definition) is 1. The summed E-state index contributed by atoms with van der Waals surface area (Å²) in [6.07, 6.45) is 0. The first kappa shape index (κ1) is 15.6. The summed E-state index contributed by atoms with van der Waals surface area (Å²) >= 11 is 1.41. The molecule has 0 saturated heterocycles. The van der Waals surface area contributed by atoms with E-state index in [1.54, 1.807) is 12.1 Å². The number of carbonyl (C=O) groups is 1. The summed E-state index contributed by atoms with van der Waals surface area (Å²) in [5, 5.41) is 2.69. The Balaban J connectivity index is 2.02. The number of halogens is 1. The number of anilines is 1. The fraction of sp³-hybridized carbons (Fsp3) is 0.235. The summed E-state index contributed by atoms with van der Waals surface area (Å²) in [6.45, 7) is 5.80. The molecule has 0 unspecified atom stereocenters. The van der Waals surface area contributed by atoms with Crippen LogP contribution < -0.4 is 5.32 Å². The highest BCUT2D eigenvalue weighted by Crippen LogP contribution is 2.25. The van der Waals surface area contributed by atoms with Crippen molar-refractivity contribution in [3.8, 4) is 0 Å². The Morgan fingerprint density at radius 2 is 1.81 bits per heavy atom. The molecule has 1 amide bonds. The Labute approximate surface area is 128 Å². The van der Waals surface area contributed by atoms with Crippen molar-refractivity contribution in [3.05, 3.63) is 59.4 Å². The highest BCUT2D eigenvalue weighted by Gasteiger charge is 2.15. The molecule has 0 aliphatic carbocycles. The van der Waals surface area contributed by atoms with Crippen LogP contribution in [0, 0.1) is 19.7 Å². The molecule has 0 bridgehead atoms. The van der Waals surface area contributed by atoms with E-state index in [2.05, 4.69) is 5.32 Å². The van der Waals surface area contributed by atoms with Gasteiger partial charge in [0.05, 0.1) is 5.25 Å². The van der Waals surface area contributed by atoms with Gasteiger partial charge in [0.25, 0.3) is 0 Å². The van der Waals surface area contributed by atoms with Gasteiger partial charge in [-0.3, -0.25) is 4.79 Å². The molecule has 2 rings (SSSR count). The molecule has 0 aliphatic rings. The first-order valence-corrected chi connectivity index (χ1v) is 7.64. The lowest BCUT2D eigenvalue weighted by Gasteiger charge is -2.14. The predicted octanol–water partition coefficient (Wildman–Crippen LogP) is 4.56. The van der Waals surface area contributed by atoms with E-state index in [4.69, 9.17) is 0 Å². The Hall–Kier alpha value is -1.81. The quantitative estimate of drug-likeness (QED) is 0.839. The Kier molecular flexibility index (Phi) is 5.02. The molecule has 2 aromatic carbocycles. The van der Waals surface area contributed by atoms with E-state index < -0.39 is 0 Å². The Bertz CT molecular complexity index is 640. The van der Waals surface area contributed by atoms with Crippen LogP contribution in [0.4, 0.5) is 10.1 Å². The second kappa shape index (κ2) is 6.76. The zero-order chi connectivity index (χ0) is 15.4. The van der Waals surface area contributed by atoms with E-state index in [-0.39, 0.29) is 17.0 Å². The number of rotatable bonds is 4. The number of benzene rings is 2. The molecule has 0 fully saturated rings. The van der Waals surface area contributed by atoms with Gasteiger partial charge in [-0.1, -0.05) is 12.1 Å². The minimum atomic E-state index is -0.271. The first-order chi connectivity index (χ1) is 9.95. The number of thioether (sulfide) groups is 1. The molecule has 0 aromatic heterocycles. The number of nitrogens with one attached hydrogen (secondary N) is 1. The molecule has 110 valence electrons. The number of amides is 1. The summed E-state index contributed by atoms with van der Waals surface area (Å²) < 4.78 is 12.9. The molecule has 2 nitrogen and oxygen atoms in total. The number of aryl methyl sites for hydroxylation is 2. The van der Waals surface area contributed by atoms with Crippen LogP contribution in [0.1, 0.15) is 18.1 Å². The van der Waals surface area contributed by atoms with E-state index in [9.17, 15) is 9.18 Å². The van der Waals surface area contributed by atoms with Crippen LogP contribution in [-0.4, -0.2) is 11.2 Å². The van der Waals surface area contributed by atoms with Gasteiger partial charge in [0, 0.05) is 10.6 Å². The molecule has 0 radical (unpaired) electrons. The van der Waals surface area contributed by atoms with Gasteiger partial charge >= 0.3 is 0 Å². The lowest BCUT2D eigenvalue weighted by Crippen LogP contribution is -2.22. The standard InChI is InChI=1S/C17H18FNOS/c1-11-4-5-12(2)16(10-11)19-17(20)13(3)21-15-8-6-14(18)7-9-15/h4-10,13H,1-3H3,(H,19,20)/t13-/m0/s1. The second-order valence-corrected chi connectivity index (χ2v) is 6.44. The van der Waals surface area contributed by atoms with Crippen molar-refractivity contribution in [2.45, 2.75) is 30.9 Å². The zero-order valence-corrected chi connectivity index (χ0v) is 13.1. The lowest BCUT2D eigenvalue weighted by molar-refractivity contribution is -0.115. The van der Waals surface area contributed by atoms with Gasteiger partial charge in [0.1, 0.15) is 5.82 Å². The van der Waals surface area contributed by atoms with E-state index in [0.29, 0.717) is 0 Å². The summed E-state index contributed by atoms with van der Waals surface area (Å²) in [6, 6.07) is 12.1. The number of carbonyl (C=O) groups excluding carboxylic acids is 1. The smallest absolute Gasteiger partial charge is 0.237 e. The normalized spacial score (nSPS) is 12.0. The van der Waals surface area contributed by atoms with Crippen LogP contribution in [-0.2, 0) is 4.79 Å². The molecule has 0 saturated carbocycles. The van der Waals surface area contributed by atoms with Gasteiger partial charge < -0.3 is 5.32 Å². The van der Waals surface area contributed by atoms with Gasteiger partial charge in [-0.15, -0.1) is 11.8 Å². The third-order valence-corrected chi connectivity index (χ3v) is 4.26. The van der Waals surface area contributed by atoms with Gasteiger partial charge in [-0.05, 0) is 62.2 Å². The van der Waals surface area contributed by atoms with Crippen molar-refractivity contribution >= 4 is 23.4 Å². The van der Waals surface area contributed by atoms with Crippen LogP contribution in [0.3, 0.4) is 0 Å². The van der Waals surface area contributed by atoms with Crippen molar-refractivity contribution in [1.29, 1.82) is 0 Å². The molecule has 2 aromatic rings. The van der Waals surface area contributed by atoms with E-state index in [1.807, 2.05) is 39.0 Å². The molecule has 0 spiro atoms. The second-order valence-electron chi connectivity index (χ2n) is 5.02. The molecular weight excluding hydrogens is 285 g/mol. The molecule has 4 heteroatoms. The predicted molar refractivity (Wildman–Crippen MR) is 86.3 cm³/mol. The minimum absolute atomic E-state index is 0.0574. The molecular formula is C17H18FNOS. The van der Waals surface area contributed by atoms with Crippen molar-refractivity contribution in [2.24, 2.45) is 0 Å². The molecule has 0 heterocycles. The lowest BCUT2D eigenvalue weighted by atomic mass is 10.1. The van der Waals surface area contributed by atoms with E-state index in [1.165, 1.54) is 23.9 Å². The highest BCUT2D eigenvalue weighted by atomic mass is 32.2. The summed E-state index contributed by atoms with van der Waals surface area (Å²) in [5.41, 5.74) is 2.98. The van der Waals surface area contributed by atoms with Crippen LogP contribution in [0.25, 0.3) is 0 Å². The Morgan fingerprint density at radius 3 is 2.48 bits per heavy atom. The van der Waals surface area contributed by atoms with Crippen molar-refractivity contribution in [2.75, 3.05) is 5.32 Å². The SMILES string of the molecule is Cc1ccc(C)c(NC(=O)[C@H](C)Sc2ccc(F)cc2)c1. The van der Waals surface area contributed by atoms with Crippen LogP contribution in [0.5, 0.6) is 0 Å². The zero-order valence-electron chi connectivity index (χ0n) is 12.3. The highest BCUT2D eigenvalue weighted by molar-refractivity contribution is 8.00. The molecule has 21 heavy (non-hydrogen) atoms. The van der Waals surface area contributed by atoms with Crippen LogP contribution >= 0.6 is 11.8 Å². The topological polar surface area (TPSA) is 29.1 Å². The third kappa shape index (κ3) is 4.33. The van der Waals surface area contributed by atoms with Crippen LogP contribution in [0.2, 0.25) is 0 Å². The summed E-state index contributed by atoms with van der Waals surface area (Å²) in [7, 11) is 0. The van der Waals surface area contributed by atoms with Crippen molar-refractivity contribution in [3.63, 3.8) is 0 Å². The summed E-state index contributed by atoms with van der Waals surface area (Å²) in [5.74, 6) is -0.329. The van der Waals surface area contributed by atoms with Gasteiger partial charge in [-0.2, -0.15) is 0 Å². The molecule has 1 N–H and O–H groups in total. The number of hydrogen-bond acceptors (Lipinski definition) is 2.